The average molecular weight is 287 g/mol. The van der Waals surface area contributed by atoms with Gasteiger partial charge < -0.3 is 10.6 Å². The lowest BCUT2D eigenvalue weighted by Crippen LogP contribution is -2.36. The summed E-state index contributed by atoms with van der Waals surface area (Å²) in [6.07, 6.45) is 0.884. The van der Waals surface area contributed by atoms with E-state index in [1.54, 1.807) is 18.2 Å². The number of anilines is 1. The third-order valence-corrected chi connectivity index (χ3v) is 3.90. The quantitative estimate of drug-likeness (QED) is 0.819. The summed E-state index contributed by atoms with van der Waals surface area (Å²) in [5.41, 5.74) is 9.37. The van der Waals surface area contributed by atoms with Gasteiger partial charge in [-0.2, -0.15) is 0 Å². The third kappa shape index (κ3) is 2.37. The molecule has 3 rings (SSSR count). The lowest BCUT2D eigenvalue weighted by molar-refractivity contribution is 0.0736. The zero-order valence-electron chi connectivity index (χ0n) is 11.0. The standard InChI is InChI=1S/C16H15ClN2O/c17-13-5-6-14(15(18)9-13)16(20)19-8-7-11-3-1-2-4-12(11)10-19/h1-6,9H,7-8,10,18H2. The maximum atomic E-state index is 12.5. The molecule has 1 heterocycles. The topological polar surface area (TPSA) is 46.3 Å². The van der Waals surface area contributed by atoms with Gasteiger partial charge in [0.05, 0.1) is 5.56 Å². The fourth-order valence-corrected chi connectivity index (χ4v) is 2.75. The smallest absolute Gasteiger partial charge is 0.256 e. The Labute approximate surface area is 123 Å². The van der Waals surface area contributed by atoms with Crippen molar-refractivity contribution >= 4 is 23.2 Å². The van der Waals surface area contributed by atoms with Crippen molar-refractivity contribution < 1.29 is 4.79 Å². The summed E-state index contributed by atoms with van der Waals surface area (Å²) in [4.78, 5) is 14.4. The van der Waals surface area contributed by atoms with E-state index in [2.05, 4.69) is 12.1 Å². The second-order valence-electron chi connectivity index (χ2n) is 4.98. The summed E-state index contributed by atoms with van der Waals surface area (Å²) >= 11 is 5.87. The molecule has 2 aromatic carbocycles. The van der Waals surface area contributed by atoms with Crippen molar-refractivity contribution in [2.75, 3.05) is 12.3 Å². The number of rotatable bonds is 1. The van der Waals surface area contributed by atoms with Crippen molar-refractivity contribution in [2.45, 2.75) is 13.0 Å². The van der Waals surface area contributed by atoms with E-state index in [0.29, 0.717) is 22.8 Å². The lowest BCUT2D eigenvalue weighted by Gasteiger charge is -2.29. The second kappa shape index (κ2) is 5.17. The number of fused-ring (bicyclic) bond motifs is 1. The Morgan fingerprint density at radius 2 is 1.90 bits per heavy atom. The van der Waals surface area contributed by atoms with E-state index in [-0.39, 0.29) is 5.91 Å². The average Bonchev–Trinajstić information content (AvgIpc) is 2.46. The normalized spacial score (nSPS) is 13.9. The molecule has 0 saturated heterocycles. The van der Waals surface area contributed by atoms with Gasteiger partial charge >= 0.3 is 0 Å². The largest absolute Gasteiger partial charge is 0.398 e. The molecule has 4 heteroatoms. The molecule has 102 valence electrons. The summed E-state index contributed by atoms with van der Waals surface area (Å²) in [7, 11) is 0. The molecule has 1 aliphatic rings. The first kappa shape index (κ1) is 13.0. The van der Waals surface area contributed by atoms with Gasteiger partial charge in [-0.1, -0.05) is 35.9 Å². The summed E-state index contributed by atoms with van der Waals surface area (Å²) in [6, 6.07) is 13.2. The fourth-order valence-electron chi connectivity index (χ4n) is 2.57. The summed E-state index contributed by atoms with van der Waals surface area (Å²) < 4.78 is 0. The Morgan fingerprint density at radius 1 is 1.15 bits per heavy atom. The second-order valence-corrected chi connectivity index (χ2v) is 5.41. The number of carbonyl (C=O) groups is 1. The van der Waals surface area contributed by atoms with Gasteiger partial charge in [0.1, 0.15) is 0 Å². The van der Waals surface area contributed by atoms with Gasteiger partial charge in [-0.25, -0.2) is 0 Å². The van der Waals surface area contributed by atoms with Gasteiger partial charge in [-0.05, 0) is 35.7 Å². The van der Waals surface area contributed by atoms with E-state index < -0.39 is 0 Å². The Balaban J connectivity index is 1.86. The molecule has 1 aliphatic heterocycles. The first-order chi connectivity index (χ1) is 9.65. The molecule has 2 aromatic rings. The van der Waals surface area contributed by atoms with Crippen molar-refractivity contribution in [3.8, 4) is 0 Å². The number of amides is 1. The Kier molecular flexibility index (Phi) is 3.36. The van der Waals surface area contributed by atoms with Crippen LogP contribution in [0.2, 0.25) is 5.02 Å². The predicted molar refractivity (Wildman–Crippen MR) is 80.8 cm³/mol. The van der Waals surface area contributed by atoms with E-state index in [0.717, 1.165) is 13.0 Å². The number of hydrogen-bond donors (Lipinski definition) is 1. The van der Waals surface area contributed by atoms with Crippen LogP contribution in [-0.2, 0) is 13.0 Å². The monoisotopic (exact) mass is 286 g/mol. The lowest BCUT2D eigenvalue weighted by atomic mass is 9.99. The van der Waals surface area contributed by atoms with Crippen LogP contribution in [0.5, 0.6) is 0 Å². The Hall–Kier alpha value is -2.00. The highest BCUT2D eigenvalue weighted by Gasteiger charge is 2.22. The number of nitrogen functional groups attached to an aromatic ring is 1. The van der Waals surface area contributed by atoms with Crippen LogP contribution < -0.4 is 5.73 Å². The summed E-state index contributed by atoms with van der Waals surface area (Å²) in [6.45, 7) is 1.36. The van der Waals surface area contributed by atoms with Crippen molar-refractivity contribution in [3.05, 3.63) is 64.2 Å². The zero-order chi connectivity index (χ0) is 14.1. The van der Waals surface area contributed by atoms with Crippen LogP contribution in [0, 0.1) is 0 Å². The van der Waals surface area contributed by atoms with E-state index in [4.69, 9.17) is 17.3 Å². The van der Waals surface area contributed by atoms with Crippen molar-refractivity contribution in [3.63, 3.8) is 0 Å². The fraction of sp³-hybridized carbons (Fsp3) is 0.188. The van der Waals surface area contributed by atoms with Crippen LogP contribution in [0.25, 0.3) is 0 Å². The Morgan fingerprint density at radius 3 is 2.65 bits per heavy atom. The molecule has 0 atom stereocenters. The van der Waals surface area contributed by atoms with E-state index in [1.807, 2.05) is 17.0 Å². The molecule has 0 radical (unpaired) electrons. The maximum absolute atomic E-state index is 12.5. The molecule has 0 spiro atoms. The van der Waals surface area contributed by atoms with Crippen LogP contribution in [0.3, 0.4) is 0 Å². The number of nitrogens with two attached hydrogens (primary N) is 1. The van der Waals surface area contributed by atoms with E-state index in [9.17, 15) is 4.79 Å². The molecule has 0 aliphatic carbocycles. The van der Waals surface area contributed by atoms with Crippen molar-refractivity contribution in [1.29, 1.82) is 0 Å². The number of benzene rings is 2. The van der Waals surface area contributed by atoms with Gasteiger partial charge in [0.25, 0.3) is 5.91 Å². The van der Waals surface area contributed by atoms with Crippen LogP contribution in [-0.4, -0.2) is 17.4 Å². The Bertz CT molecular complexity index is 669. The molecule has 0 saturated carbocycles. The highest BCUT2D eigenvalue weighted by Crippen LogP contribution is 2.23. The number of halogens is 1. The van der Waals surface area contributed by atoms with Crippen LogP contribution in [0.15, 0.2) is 42.5 Å². The van der Waals surface area contributed by atoms with Gasteiger partial charge in [-0.15, -0.1) is 0 Å². The van der Waals surface area contributed by atoms with Crippen molar-refractivity contribution in [2.24, 2.45) is 0 Å². The molecular formula is C16H15ClN2O. The minimum absolute atomic E-state index is 0.0336. The number of nitrogens with zero attached hydrogens (tertiary/aromatic N) is 1. The van der Waals surface area contributed by atoms with E-state index >= 15 is 0 Å². The van der Waals surface area contributed by atoms with Gasteiger partial charge in [0.15, 0.2) is 0 Å². The molecule has 0 bridgehead atoms. The highest BCUT2D eigenvalue weighted by molar-refractivity contribution is 6.31. The maximum Gasteiger partial charge on any atom is 0.256 e. The van der Waals surface area contributed by atoms with Crippen LogP contribution in [0.4, 0.5) is 5.69 Å². The predicted octanol–water partition coefficient (Wildman–Crippen LogP) is 3.12. The summed E-state index contributed by atoms with van der Waals surface area (Å²) in [5.74, 6) is -0.0336. The van der Waals surface area contributed by atoms with Gasteiger partial charge in [0.2, 0.25) is 0 Å². The van der Waals surface area contributed by atoms with Crippen molar-refractivity contribution in [1.82, 2.24) is 4.90 Å². The number of carbonyl (C=O) groups excluding carboxylic acids is 1. The van der Waals surface area contributed by atoms with E-state index in [1.165, 1.54) is 11.1 Å². The van der Waals surface area contributed by atoms with Gasteiger partial charge in [-0.3, -0.25) is 4.79 Å². The first-order valence-corrected chi connectivity index (χ1v) is 6.94. The molecule has 20 heavy (non-hydrogen) atoms. The molecular weight excluding hydrogens is 272 g/mol. The summed E-state index contributed by atoms with van der Waals surface area (Å²) in [5, 5.41) is 0.544. The molecule has 1 amide bonds. The highest BCUT2D eigenvalue weighted by atomic mass is 35.5. The van der Waals surface area contributed by atoms with Crippen LogP contribution >= 0.6 is 11.6 Å². The first-order valence-electron chi connectivity index (χ1n) is 6.56. The minimum atomic E-state index is -0.0336. The molecule has 2 N–H and O–H groups in total. The van der Waals surface area contributed by atoms with Gasteiger partial charge in [0, 0.05) is 23.8 Å². The molecule has 0 aromatic heterocycles. The molecule has 0 unspecified atom stereocenters. The molecule has 3 nitrogen and oxygen atoms in total. The minimum Gasteiger partial charge on any atom is -0.398 e. The SMILES string of the molecule is Nc1cc(Cl)ccc1C(=O)N1CCc2ccccc2C1. The zero-order valence-corrected chi connectivity index (χ0v) is 11.7. The molecule has 0 fully saturated rings. The third-order valence-electron chi connectivity index (χ3n) is 3.66. The van der Waals surface area contributed by atoms with Crippen LogP contribution in [0.1, 0.15) is 21.5 Å². The number of hydrogen-bond acceptors (Lipinski definition) is 2.